The Balaban J connectivity index is 2.18. The van der Waals surface area contributed by atoms with Gasteiger partial charge in [-0.1, -0.05) is 41.5 Å². The fourth-order valence-corrected chi connectivity index (χ4v) is 7.66. The Morgan fingerprint density at radius 3 is 1.90 bits per heavy atom. The number of aromatic nitrogens is 2. The number of carboxylic acids is 2. The number of aliphatic carboxylic acids is 2. The Bertz CT molecular complexity index is 2040. The number of nitrogens with one attached hydrogen (secondary N) is 8. The van der Waals surface area contributed by atoms with E-state index in [1.54, 1.807) is 27.7 Å². The van der Waals surface area contributed by atoms with Crippen molar-refractivity contribution in [2.45, 2.75) is 161 Å². The van der Waals surface area contributed by atoms with E-state index in [-0.39, 0.29) is 63.0 Å². The number of carbonyl (C=O) groups excluding carboxylic acids is 8. The lowest BCUT2D eigenvalue weighted by Crippen LogP contribution is -2.61. The van der Waals surface area contributed by atoms with Gasteiger partial charge in [-0.05, 0) is 69.6 Å². The van der Waals surface area contributed by atoms with Crippen LogP contribution in [0, 0.1) is 17.8 Å². The molecule has 1 fully saturated rings. The normalized spacial score (nSPS) is 16.7. The number of aliphatic hydroxyl groups is 1. The molecule has 0 aliphatic carbocycles. The van der Waals surface area contributed by atoms with Gasteiger partial charge in [-0.25, -0.2) is 9.78 Å². The number of nitrogens with zero attached hydrogens (tertiary/aromatic N) is 3. The van der Waals surface area contributed by atoms with Crippen LogP contribution in [0.5, 0.6) is 0 Å². The van der Waals surface area contributed by atoms with Crippen LogP contribution in [0.4, 0.5) is 0 Å². The van der Waals surface area contributed by atoms with Crippen LogP contribution in [0.2, 0.25) is 0 Å². The third kappa shape index (κ3) is 21.2. The second kappa shape index (κ2) is 30.1. The molecule has 2 rings (SSSR count). The maximum atomic E-state index is 13.9. The molecular weight excluding hydrogens is 945 g/mol. The summed E-state index contributed by atoms with van der Waals surface area (Å²) in [6.07, 6.45) is 1.36. The molecule has 0 saturated carbocycles. The monoisotopic (exact) mass is 1020 g/mol. The first kappa shape index (κ1) is 61.2. The molecule has 1 aromatic rings. The van der Waals surface area contributed by atoms with Crippen LogP contribution in [0.15, 0.2) is 17.5 Å². The van der Waals surface area contributed by atoms with Gasteiger partial charge in [0.25, 0.3) is 0 Å². The van der Waals surface area contributed by atoms with E-state index in [1.165, 1.54) is 24.3 Å². The minimum atomic E-state index is -1.54. The predicted octanol–water partition coefficient (Wildman–Crippen LogP) is -3.57. The average Bonchev–Trinajstić information content (AvgIpc) is 4.00. The van der Waals surface area contributed by atoms with E-state index in [9.17, 15) is 63.3 Å². The number of hydrogen-bond acceptors (Lipinski definition) is 14. The zero-order valence-electron chi connectivity index (χ0n) is 42.1. The number of aromatic amines is 1. The number of likely N-dealkylation sites (tertiary alicyclic amines) is 1. The van der Waals surface area contributed by atoms with Crippen molar-refractivity contribution >= 4 is 65.2 Å². The zero-order valence-corrected chi connectivity index (χ0v) is 42.1. The van der Waals surface area contributed by atoms with Crippen molar-refractivity contribution in [2.24, 2.45) is 39.9 Å². The second-order valence-corrected chi connectivity index (χ2v) is 19.0. The van der Waals surface area contributed by atoms with Crippen molar-refractivity contribution in [3.05, 3.63) is 18.2 Å². The lowest BCUT2D eigenvalue weighted by molar-refractivity contribution is -0.144. The standard InChI is InChI=1S/C45H76N14O13/c1-22(2)16-29(54-37(64)27(46)10-8-14-50-45(47)48)40(67)58-36(25(7)60)43(70)59-15-9-11-32(59)41(68)51-20-33(61)57-35(24(5)6)42(69)55-30(18-26-19-49-21-52-26)39(66)53-28(12-13-34(62)63)38(65)56-31(44(71)72)17-23(3)4/h19,21-25,27-32,35-36,60H,8-18,20,46H2,1-7H3,(H,49,52)(H,51,68)(H,53,66)(H,54,64)(H,55,69)(H,56,65)(H,57,61)(H,58,67)(H,62,63)(H,71,72)(H4,47,48,50)/t25-,27+,28+,29+,30+,31+,32+,35+,36+/m1/s1. The molecule has 0 radical (unpaired) electrons. The molecule has 0 unspecified atom stereocenters. The molecule has 1 aliphatic heterocycles. The zero-order chi connectivity index (χ0) is 54.4. The van der Waals surface area contributed by atoms with Crippen LogP contribution in [0.3, 0.4) is 0 Å². The van der Waals surface area contributed by atoms with E-state index < -0.39 is 139 Å². The topological polar surface area (TPSA) is 438 Å². The van der Waals surface area contributed by atoms with Gasteiger partial charge in [0.1, 0.15) is 42.3 Å². The molecule has 17 N–H and O–H groups in total. The summed E-state index contributed by atoms with van der Waals surface area (Å²) in [6.45, 7) is 11.2. The first-order valence-corrected chi connectivity index (χ1v) is 24.0. The number of nitrogens with two attached hydrogens (primary N) is 3. The fourth-order valence-electron chi connectivity index (χ4n) is 7.66. The van der Waals surface area contributed by atoms with Crippen molar-refractivity contribution < 1.29 is 63.3 Å². The Morgan fingerprint density at radius 1 is 0.764 bits per heavy atom. The molecule has 27 heteroatoms. The Labute approximate surface area is 418 Å². The highest BCUT2D eigenvalue weighted by atomic mass is 16.4. The summed E-state index contributed by atoms with van der Waals surface area (Å²) in [5, 5.41) is 47.3. The van der Waals surface area contributed by atoms with Crippen molar-refractivity contribution in [1.29, 1.82) is 0 Å². The van der Waals surface area contributed by atoms with Crippen LogP contribution in [0.25, 0.3) is 0 Å². The molecule has 27 nitrogen and oxygen atoms in total. The molecule has 404 valence electrons. The lowest BCUT2D eigenvalue weighted by atomic mass is 10.0. The van der Waals surface area contributed by atoms with Gasteiger partial charge >= 0.3 is 11.9 Å². The van der Waals surface area contributed by atoms with Gasteiger partial charge in [-0.2, -0.15) is 0 Å². The van der Waals surface area contributed by atoms with Crippen molar-refractivity contribution in [3.63, 3.8) is 0 Å². The molecular formula is C45H76N14O13. The summed E-state index contributed by atoms with van der Waals surface area (Å²) in [6, 6.07) is -10.4. The van der Waals surface area contributed by atoms with E-state index in [0.717, 1.165) is 0 Å². The molecule has 9 atom stereocenters. The molecule has 1 saturated heterocycles. The van der Waals surface area contributed by atoms with Gasteiger partial charge in [-0.15, -0.1) is 0 Å². The number of rotatable bonds is 31. The largest absolute Gasteiger partial charge is 0.481 e. The van der Waals surface area contributed by atoms with Crippen molar-refractivity contribution in [2.75, 3.05) is 19.6 Å². The minimum Gasteiger partial charge on any atom is -0.481 e. The third-order valence-corrected chi connectivity index (χ3v) is 11.4. The lowest BCUT2D eigenvalue weighted by Gasteiger charge is -2.31. The molecule has 0 bridgehead atoms. The van der Waals surface area contributed by atoms with Crippen LogP contribution in [-0.2, 0) is 54.4 Å². The van der Waals surface area contributed by atoms with Crippen LogP contribution in [0.1, 0.15) is 106 Å². The smallest absolute Gasteiger partial charge is 0.326 e. The van der Waals surface area contributed by atoms with E-state index >= 15 is 0 Å². The maximum absolute atomic E-state index is 13.9. The number of aliphatic hydroxyl groups excluding tert-OH is 1. The van der Waals surface area contributed by atoms with Gasteiger partial charge < -0.3 is 79.6 Å². The van der Waals surface area contributed by atoms with Crippen molar-refractivity contribution in [1.82, 2.24) is 52.1 Å². The number of amides is 8. The highest BCUT2D eigenvalue weighted by Crippen LogP contribution is 2.20. The average molecular weight is 1020 g/mol. The number of H-pyrrole nitrogens is 1. The third-order valence-electron chi connectivity index (χ3n) is 11.4. The van der Waals surface area contributed by atoms with Gasteiger partial charge in [0, 0.05) is 37.8 Å². The number of imidazole rings is 1. The minimum absolute atomic E-state index is 0.0437. The molecule has 72 heavy (non-hydrogen) atoms. The summed E-state index contributed by atoms with van der Waals surface area (Å²) < 4.78 is 0. The number of carboxylic acid groups (broad SMARTS) is 2. The summed E-state index contributed by atoms with van der Waals surface area (Å²) in [5.74, 6) is -10.1. The van der Waals surface area contributed by atoms with E-state index in [2.05, 4.69) is 52.2 Å². The Hall–Kier alpha value is -6.90. The summed E-state index contributed by atoms with van der Waals surface area (Å²) >= 11 is 0. The number of guanidine groups is 1. The van der Waals surface area contributed by atoms with E-state index in [1.807, 2.05) is 13.8 Å². The van der Waals surface area contributed by atoms with Gasteiger partial charge in [0.15, 0.2) is 5.96 Å². The fraction of sp³-hybridized carbons (Fsp3) is 0.689. The summed E-state index contributed by atoms with van der Waals surface area (Å²) in [4.78, 5) is 144. The molecule has 8 amide bonds. The quantitative estimate of drug-likeness (QED) is 0.0194. The maximum Gasteiger partial charge on any atom is 0.326 e. The Kier molecular flexibility index (Phi) is 25.6. The summed E-state index contributed by atoms with van der Waals surface area (Å²) in [7, 11) is 0. The molecule has 1 aromatic heterocycles. The SMILES string of the molecule is CC(C)C[C@H](NC(=O)[C@H](CCC(=O)O)NC(=O)[C@H](Cc1cnc[nH]1)NC(=O)[C@@H](NC(=O)CNC(=O)[C@@H]1CCCN1C(=O)[C@@H](NC(=O)[C@H](CC(C)C)NC(=O)[C@@H](N)CCCN=C(N)N)[C@@H](C)O)C(C)C)C(=O)O. The highest BCUT2D eigenvalue weighted by Gasteiger charge is 2.41. The number of hydrogen-bond donors (Lipinski definition) is 14. The molecule has 0 aromatic carbocycles. The van der Waals surface area contributed by atoms with Crippen molar-refractivity contribution in [3.8, 4) is 0 Å². The van der Waals surface area contributed by atoms with E-state index in [0.29, 0.717) is 18.5 Å². The Morgan fingerprint density at radius 2 is 1.35 bits per heavy atom. The van der Waals surface area contributed by atoms with Gasteiger partial charge in [-0.3, -0.25) is 48.1 Å². The first-order valence-electron chi connectivity index (χ1n) is 24.0. The predicted molar refractivity (Wildman–Crippen MR) is 259 cm³/mol. The van der Waals surface area contributed by atoms with Gasteiger partial charge in [0.05, 0.1) is 25.0 Å². The summed E-state index contributed by atoms with van der Waals surface area (Å²) in [5.41, 5.74) is 17.1. The molecule has 0 spiro atoms. The van der Waals surface area contributed by atoms with E-state index in [4.69, 9.17) is 17.2 Å². The number of aliphatic imine (C=N–C) groups is 1. The van der Waals surface area contributed by atoms with Crippen LogP contribution < -0.4 is 54.4 Å². The number of carbonyl (C=O) groups is 10. The van der Waals surface area contributed by atoms with Crippen LogP contribution >= 0.6 is 0 Å². The van der Waals surface area contributed by atoms with Gasteiger partial charge in [0.2, 0.25) is 47.3 Å². The first-order chi connectivity index (χ1) is 33.7. The second-order valence-electron chi connectivity index (χ2n) is 19.0. The molecule has 2 heterocycles. The van der Waals surface area contributed by atoms with Crippen LogP contribution in [-0.4, -0.2) is 169 Å². The molecule has 1 aliphatic rings. The highest BCUT2D eigenvalue weighted by molar-refractivity contribution is 5.98.